The zero-order chi connectivity index (χ0) is 21.2. The predicted octanol–water partition coefficient (Wildman–Crippen LogP) is 7.57. The van der Waals surface area contributed by atoms with Gasteiger partial charge in [0.2, 0.25) is 0 Å². The Kier molecular flexibility index (Phi) is 10.8. The topological polar surface area (TPSA) is 26.3 Å². The van der Waals surface area contributed by atoms with Gasteiger partial charge >= 0.3 is 0 Å². The van der Waals surface area contributed by atoms with Crippen molar-refractivity contribution in [3.8, 4) is 0 Å². The SMILES string of the molecule is CCCCCCSC(=O)[C@H](C)[C@@H](/C=C/c1ccccc1)O[Si](C)(C)C(C)(C)C. The van der Waals surface area contributed by atoms with Crippen LogP contribution in [-0.2, 0) is 9.22 Å². The van der Waals surface area contributed by atoms with Crippen LogP contribution in [0.4, 0.5) is 0 Å². The lowest BCUT2D eigenvalue weighted by atomic mass is 10.1. The van der Waals surface area contributed by atoms with Gasteiger partial charge in [-0.15, -0.1) is 0 Å². The molecule has 0 N–H and O–H groups in total. The second-order valence-corrected chi connectivity index (χ2v) is 15.0. The lowest BCUT2D eigenvalue weighted by Gasteiger charge is -2.39. The van der Waals surface area contributed by atoms with Gasteiger partial charge in [0, 0.05) is 5.75 Å². The van der Waals surface area contributed by atoms with E-state index in [2.05, 4.69) is 65.1 Å². The first kappa shape index (κ1) is 25.2. The van der Waals surface area contributed by atoms with Crippen molar-refractivity contribution in [2.75, 3.05) is 5.75 Å². The zero-order valence-corrected chi connectivity index (χ0v) is 20.8. The number of carbonyl (C=O) groups excluding carboxylic acids is 1. The van der Waals surface area contributed by atoms with Crippen molar-refractivity contribution in [2.24, 2.45) is 5.92 Å². The van der Waals surface area contributed by atoms with Crippen LogP contribution >= 0.6 is 11.8 Å². The second kappa shape index (κ2) is 12.0. The molecule has 158 valence electrons. The molecule has 0 fully saturated rings. The molecule has 1 aromatic rings. The minimum atomic E-state index is -1.98. The first-order valence-electron chi connectivity index (χ1n) is 10.7. The molecule has 0 aromatic heterocycles. The Hall–Kier alpha value is -0.843. The Morgan fingerprint density at radius 2 is 1.79 bits per heavy atom. The van der Waals surface area contributed by atoms with Crippen LogP contribution in [0, 0.1) is 5.92 Å². The van der Waals surface area contributed by atoms with E-state index < -0.39 is 8.32 Å². The van der Waals surface area contributed by atoms with Gasteiger partial charge in [0.1, 0.15) is 0 Å². The highest BCUT2D eigenvalue weighted by Crippen LogP contribution is 2.38. The average Bonchev–Trinajstić information content (AvgIpc) is 2.64. The van der Waals surface area contributed by atoms with E-state index in [1.165, 1.54) is 31.0 Å². The van der Waals surface area contributed by atoms with E-state index in [1.807, 2.05) is 25.1 Å². The molecule has 28 heavy (non-hydrogen) atoms. The van der Waals surface area contributed by atoms with E-state index >= 15 is 0 Å². The van der Waals surface area contributed by atoms with Crippen LogP contribution in [0.3, 0.4) is 0 Å². The van der Waals surface area contributed by atoms with E-state index in [4.69, 9.17) is 4.43 Å². The number of unbranched alkanes of at least 4 members (excludes halogenated alkanes) is 3. The summed E-state index contributed by atoms with van der Waals surface area (Å²) in [5.74, 6) is 0.767. The number of hydrogen-bond acceptors (Lipinski definition) is 3. The molecular formula is C24H40O2SSi. The molecule has 0 radical (unpaired) electrons. The monoisotopic (exact) mass is 420 g/mol. The molecule has 0 heterocycles. The Morgan fingerprint density at radius 1 is 1.14 bits per heavy atom. The van der Waals surface area contributed by atoms with Gasteiger partial charge in [-0.25, -0.2) is 0 Å². The minimum absolute atomic E-state index is 0.113. The number of benzene rings is 1. The molecule has 0 unspecified atom stereocenters. The van der Waals surface area contributed by atoms with E-state index in [-0.39, 0.29) is 22.2 Å². The largest absolute Gasteiger partial charge is 0.410 e. The number of carbonyl (C=O) groups is 1. The van der Waals surface area contributed by atoms with Crippen LogP contribution in [-0.4, -0.2) is 25.3 Å². The van der Waals surface area contributed by atoms with Crippen LogP contribution in [0.15, 0.2) is 36.4 Å². The standard InChI is InChI=1S/C24H40O2SSi/c1-8-9-10-14-19-27-23(25)20(2)22(26-28(6,7)24(3,4)5)18-17-21-15-12-11-13-16-21/h11-13,15-18,20,22H,8-10,14,19H2,1-7H3/b18-17+/t20-,22-/m1/s1. The van der Waals surface area contributed by atoms with Crippen molar-refractivity contribution in [2.45, 2.75) is 84.5 Å². The Bertz CT molecular complexity index is 605. The third-order valence-corrected chi connectivity index (χ3v) is 11.2. The Labute approximate surface area is 178 Å². The number of thioether (sulfide) groups is 1. The highest BCUT2D eigenvalue weighted by atomic mass is 32.2. The zero-order valence-electron chi connectivity index (χ0n) is 19.0. The molecule has 0 aliphatic carbocycles. The van der Waals surface area contributed by atoms with Crippen LogP contribution < -0.4 is 0 Å². The van der Waals surface area contributed by atoms with Crippen LogP contribution in [0.1, 0.15) is 65.9 Å². The normalized spacial score (nSPS) is 15.0. The molecule has 1 rings (SSSR count). The maximum absolute atomic E-state index is 12.8. The maximum Gasteiger partial charge on any atom is 0.194 e. The van der Waals surface area contributed by atoms with Gasteiger partial charge in [-0.05, 0) is 30.1 Å². The molecule has 0 spiro atoms. The van der Waals surface area contributed by atoms with Gasteiger partial charge in [-0.2, -0.15) is 0 Å². The highest BCUT2D eigenvalue weighted by molar-refractivity contribution is 8.13. The van der Waals surface area contributed by atoms with Gasteiger partial charge < -0.3 is 4.43 Å². The Balaban J connectivity index is 2.86. The molecular weight excluding hydrogens is 380 g/mol. The van der Waals surface area contributed by atoms with Crippen molar-refractivity contribution in [1.82, 2.24) is 0 Å². The maximum atomic E-state index is 12.8. The molecule has 0 amide bonds. The molecule has 0 saturated heterocycles. The van der Waals surface area contributed by atoms with Gasteiger partial charge in [0.05, 0.1) is 12.0 Å². The van der Waals surface area contributed by atoms with Gasteiger partial charge in [-0.1, -0.05) is 108 Å². The Morgan fingerprint density at radius 3 is 2.36 bits per heavy atom. The van der Waals surface area contributed by atoms with Gasteiger partial charge in [-0.3, -0.25) is 4.79 Å². The third-order valence-electron chi connectivity index (χ3n) is 5.62. The van der Waals surface area contributed by atoms with E-state index in [9.17, 15) is 4.79 Å². The molecule has 2 nitrogen and oxygen atoms in total. The van der Waals surface area contributed by atoms with Crippen LogP contribution in [0.2, 0.25) is 18.1 Å². The molecule has 0 saturated carbocycles. The molecule has 0 bridgehead atoms. The summed E-state index contributed by atoms with van der Waals surface area (Å²) in [5.41, 5.74) is 1.14. The summed E-state index contributed by atoms with van der Waals surface area (Å²) >= 11 is 1.48. The van der Waals surface area contributed by atoms with Crippen molar-refractivity contribution < 1.29 is 9.22 Å². The van der Waals surface area contributed by atoms with E-state index in [0.717, 1.165) is 17.7 Å². The van der Waals surface area contributed by atoms with E-state index in [0.29, 0.717) is 0 Å². The van der Waals surface area contributed by atoms with E-state index in [1.54, 1.807) is 0 Å². The van der Waals surface area contributed by atoms with Crippen LogP contribution in [0.5, 0.6) is 0 Å². The van der Waals surface area contributed by atoms with Crippen molar-refractivity contribution in [3.05, 3.63) is 42.0 Å². The summed E-state index contributed by atoms with van der Waals surface area (Å²) in [4.78, 5) is 12.8. The smallest absolute Gasteiger partial charge is 0.194 e. The first-order chi connectivity index (χ1) is 13.1. The number of rotatable bonds is 11. The van der Waals surface area contributed by atoms with Gasteiger partial charge in [0.15, 0.2) is 13.4 Å². The summed E-state index contributed by atoms with van der Waals surface area (Å²) < 4.78 is 6.67. The summed E-state index contributed by atoms with van der Waals surface area (Å²) in [6, 6.07) is 10.2. The quantitative estimate of drug-likeness (QED) is 0.273. The predicted molar refractivity (Wildman–Crippen MR) is 128 cm³/mol. The fraction of sp³-hybridized carbons (Fsp3) is 0.625. The summed E-state index contributed by atoms with van der Waals surface area (Å²) in [5, 5.41) is 0.361. The second-order valence-electron chi connectivity index (χ2n) is 9.13. The molecule has 1 aromatic carbocycles. The van der Waals surface area contributed by atoms with Crippen molar-refractivity contribution in [3.63, 3.8) is 0 Å². The lowest BCUT2D eigenvalue weighted by Crippen LogP contribution is -2.45. The molecule has 2 atom stereocenters. The minimum Gasteiger partial charge on any atom is -0.410 e. The summed E-state index contributed by atoms with van der Waals surface area (Å²) in [6.07, 6.45) is 8.80. The van der Waals surface area contributed by atoms with Gasteiger partial charge in [0.25, 0.3) is 0 Å². The number of hydrogen-bond donors (Lipinski definition) is 0. The fourth-order valence-corrected chi connectivity index (χ4v) is 4.83. The lowest BCUT2D eigenvalue weighted by molar-refractivity contribution is -0.115. The highest BCUT2D eigenvalue weighted by Gasteiger charge is 2.40. The molecule has 0 aliphatic heterocycles. The molecule has 0 aliphatic rings. The summed E-state index contributed by atoms with van der Waals surface area (Å²) in [7, 11) is -1.98. The van der Waals surface area contributed by atoms with Crippen LogP contribution in [0.25, 0.3) is 6.08 Å². The van der Waals surface area contributed by atoms with Crippen molar-refractivity contribution >= 4 is 31.3 Å². The van der Waals surface area contributed by atoms with Crippen molar-refractivity contribution in [1.29, 1.82) is 0 Å². The first-order valence-corrected chi connectivity index (χ1v) is 14.6. The summed E-state index contributed by atoms with van der Waals surface area (Å²) in [6.45, 7) is 15.5. The average molecular weight is 421 g/mol. The fourth-order valence-electron chi connectivity index (χ4n) is 2.56. The molecule has 4 heteroatoms. The third kappa shape index (κ3) is 8.67.